The van der Waals surface area contributed by atoms with Gasteiger partial charge in [0.1, 0.15) is 5.60 Å². The van der Waals surface area contributed by atoms with Gasteiger partial charge in [0.25, 0.3) is 5.56 Å². The Morgan fingerprint density at radius 3 is 3.00 bits per heavy atom. The Kier molecular flexibility index (Phi) is 3.23. The molecular weight excluding hydrogens is 234 g/mol. The van der Waals surface area contributed by atoms with Gasteiger partial charge in [0.2, 0.25) is 5.91 Å². The SMILES string of the molecule is Cn1ccc(C2(O)CCNCC2C(N)=O)cc1=O. The van der Waals surface area contributed by atoms with E-state index >= 15 is 0 Å². The fourth-order valence-electron chi connectivity index (χ4n) is 2.37. The molecule has 1 amide bonds. The van der Waals surface area contributed by atoms with Gasteiger partial charge in [-0.25, -0.2) is 0 Å². The molecular formula is C12H17N3O3. The average molecular weight is 251 g/mol. The molecule has 4 N–H and O–H groups in total. The van der Waals surface area contributed by atoms with E-state index in [0.29, 0.717) is 25.1 Å². The first kappa shape index (κ1) is 12.8. The highest BCUT2D eigenvalue weighted by Crippen LogP contribution is 2.34. The number of aromatic nitrogens is 1. The van der Waals surface area contributed by atoms with Crippen molar-refractivity contribution in [1.29, 1.82) is 0 Å². The molecule has 0 saturated carbocycles. The van der Waals surface area contributed by atoms with Crippen LogP contribution >= 0.6 is 0 Å². The monoisotopic (exact) mass is 251 g/mol. The van der Waals surface area contributed by atoms with Crippen LogP contribution in [0.25, 0.3) is 0 Å². The standard InChI is InChI=1S/C12H17N3O3/c1-15-5-2-8(6-10(15)16)12(18)3-4-14-7-9(12)11(13)17/h2,5-6,9,14,18H,3-4,7H2,1H3,(H2,13,17). The van der Waals surface area contributed by atoms with Crippen LogP contribution in [0.4, 0.5) is 0 Å². The van der Waals surface area contributed by atoms with Crippen LogP contribution in [0, 0.1) is 5.92 Å². The molecule has 18 heavy (non-hydrogen) atoms. The second-order valence-corrected chi connectivity index (χ2v) is 4.70. The van der Waals surface area contributed by atoms with E-state index in [0.717, 1.165) is 0 Å². The minimum atomic E-state index is -1.36. The van der Waals surface area contributed by atoms with Crippen molar-refractivity contribution in [1.82, 2.24) is 9.88 Å². The molecule has 1 aliphatic rings. The van der Waals surface area contributed by atoms with E-state index in [1.807, 2.05) is 0 Å². The minimum absolute atomic E-state index is 0.220. The summed E-state index contributed by atoms with van der Waals surface area (Å²) in [7, 11) is 1.63. The van der Waals surface area contributed by atoms with E-state index in [2.05, 4.69) is 5.32 Å². The number of hydrogen-bond acceptors (Lipinski definition) is 4. The third kappa shape index (κ3) is 2.04. The van der Waals surface area contributed by atoms with Crippen molar-refractivity contribution in [2.75, 3.05) is 13.1 Å². The summed E-state index contributed by atoms with van der Waals surface area (Å²) in [6, 6.07) is 3.02. The Balaban J connectivity index is 2.46. The highest BCUT2D eigenvalue weighted by Gasteiger charge is 2.43. The third-order valence-electron chi connectivity index (χ3n) is 3.56. The highest BCUT2D eigenvalue weighted by molar-refractivity contribution is 5.78. The van der Waals surface area contributed by atoms with Crippen molar-refractivity contribution >= 4 is 5.91 Å². The maximum absolute atomic E-state index is 11.6. The van der Waals surface area contributed by atoms with Crippen molar-refractivity contribution in [3.63, 3.8) is 0 Å². The van der Waals surface area contributed by atoms with Crippen molar-refractivity contribution in [3.05, 3.63) is 34.2 Å². The molecule has 2 atom stereocenters. The fourth-order valence-corrected chi connectivity index (χ4v) is 2.37. The molecule has 6 nitrogen and oxygen atoms in total. The van der Waals surface area contributed by atoms with Crippen LogP contribution in [0.1, 0.15) is 12.0 Å². The molecule has 2 heterocycles. The number of carbonyl (C=O) groups is 1. The molecule has 1 aromatic rings. The zero-order valence-electron chi connectivity index (χ0n) is 10.2. The van der Waals surface area contributed by atoms with Gasteiger partial charge in [0, 0.05) is 25.9 Å². The van der Waals surface area contributed by atoms with Crippen molar-refractivity contribution in [2.24, 2.45) is 18.7 Å². The third-order valence-corrected chi connectivity index (χ3v) is 3.56. The summed E-state index contributed by atoms with van der Waals surface area (Å²) in [5, 5.41) is 13.7. The van der Waals surface area contributed by atoms with E-state index in [4.69, 9.17) is 5.73 Å². The maximum Gasteiger partial charge on any atom is 0.250 e. The summed E-state index contributed by atoms with van der Waals surface area (Å²) in [6.45, 7) is 0.899. The molecule has 2 rings (SSSR count). The topological polar surface area (TPSA) is 97.3 Å². The van der Waals surface area contributed by atoms with Gasteiger partial charge in [-0.15, -0.1) is 0 Å². The van der Waals surface area contributed by atoms with Gasteiger partial charge >= 0.3 is 0 Å². The average Bonchev–Trinajstić information content (AvgIpc) is 2.32. The lowest BCUT2D eigenvalue weighted by Crippen LogP contribution is -2.53. The van der Waals surface area contributed by atoms with E-state index in [1.54, 1.807) is 19.3 Å². The molecule has 6 heteroatoms. The molecule has 1 aromatic heterocycles. The van der Waals surface area contributed by atoms with Crippen LogP contribution in [0.3, 0.4) is 0 Å². The lowest BCUT2D eigenvalue weighted by atomic mass is 9.76. The Morgan fingerprint density at radius 2 is 2.39 bits per heavy atom. The van der Waals surface area contributed by atoms with Gasteiger partial charge in [-0.2, -0.15) is 0 Å². The Labute approximate surface area is 104 Å². The zero-order chi connectivity index (χ0) is 13.3. The summed E-state index contributed by atoms with van der Waals surface area (Å²) in [5.41, 5.74) is 4.20. The second-order valence-electron chi connectivity index (χ2n) is 4.70. The van der Waals surface area contributed by atoms with Crippen LogP contribution in [0.15, 0.2) is 23.1 Å². The van der Waals surface area contributed by atoms with Gasteiger partial charge in [-0.1, -0.05) is 0 Å². The van der Waals surface area contributed by atoms with E-state index < -0.39 is 17.4 Å². The van der Waals surface area contributed by atoms with Crippen LogP contribution in [0.5, 0.6) is 0 Å². The first-order chi connectivity index (χ1) is 8.45. The van der Waals surface area contributed by atoms with Gasteiger partial charge in [0.05, 0.1) is 5.92 Å². The highest BCUT2D eigenvalue weighted by atomic mass is 16.3. The molecule has 98 valence electrons. The molecule has 0 spiro atoms. The van der Waals surface area contributed by atoms with Crippen LogP contribution in [-0.4, -0.2) is 28.7 Å². The summed E-state index contributed by atoms with van der Waals surface area (Å²) >= 11 is 0. The van der Waals surface area contributed by atoms with Gasteiger partial charge < -0.3 is 20.7 Å². The van der Waals surface area contributed by atoms with E-state index in [-0.39, 0.29) is 5.56 Å². The lowest BCUT2D eigenvalue weighted by Gasteiger charge is -2.38. The number of rotatable bonds is 2. The summed E-state index contributed by atoms with van der Waals surface area (Å²) in [5.74, 6) is -1.29. The quantitative estimate of drug-likeness (QED) is 0.606. The van der Waals surface area contributed by atoms with Crippen LogP contribution in [0.2, 0.25) is 0 Å². The van der Waals surface area contributed by atoms with Crippen molar-refractivity contribution in [2.45, 2.75) is 12.0 Å². The first-order valence-corrected chi connectivity index (χ1v) is 5.85. The van der Waals surface area contributed by atoms with Gasteiger partial charge in [0.15, 0.2) is 0 Å². The van der Waals surface area contributed by atoms with E-state index in [9.17, 15) is 14.7 Å². The summed E-state index contributed by atoms with van der Waals surface area (Å²) < 4.78 is 1.41. The molecule has 1 saturated heterocycles. The number of pyridine rings is 1. The number of nitrogens with zero attached hydrogens (tertiary/aromatic N) is 1. The molecule has 0 bridgehead atoms. The zero-order valence-corrected chi connectivity index (χ0v) is 10.2. The molecule has 1 fully saturated rings. The first-order valence-electron chi connectivity index (χ1n) is 5.85. The summed E-state index contributed by atoms with van der Waals surface area (Å²) in [6.07, 6.45) is 1.93. The van der Waals surface area contributed by atoms with E-state index in [1.165, 1.54) is 10.6 Å². The molecule has 0 aromatic carbocycles. The number of amides is 1. The maximum atomic E-state index is 11.6. The van der Waals surface area contributed by atoms with Gasteiger partial charge in [-0.05, 0) is 24.6 Å². The number of aryl methyl sites for hydroxylation is 1. The Hall–Kier alpha value is -1.66. The summed E-state index contributed by atoms with van der Waals surface area (Å²) in [4.78, 5) is 23.1. The van der Waals surface area contributed by atoms with Gasteiger partial charge in [-0.3, -0.25) is 9.59 Å². The minimum Gasteiger partial charge on any atom is -0.384 e. The Bertz CT molecular complexity index is 526. The number of aliphatic hydroxyl groups is 1. The Morgan fingerprint density at radius 1 is 1.67 bits per heavy atom. The molecule has 1 aliphatic heterocycles. The molecule has 2 unspecified atom stereocenters. The number of nitrogens with two attached hydrogens (primary N) is 1. The van der Waals surface area contributed by atoms with Crippen molar-refractivity contribution in [3.8, 4) is 0 Å². The van der Waals surface area contributed by atoms with Crippen LogP contribution in [-0.2, 0) is 17.4 Å². The van der Waals surface area contributed by atoms with Crippen molar-refractivity contribution < 1.29 is 9.90 Å². The largest absolute Gasteiger partial charge is 0.384 e. The fraction of sp³-hybridized carbons (Fsp3) is 0.500. The molecule has 0 radical (unpaired) electrons. The van der Waals surface area contributed by atoms with Crippen LogP contribution < -0.4 is 16.6 Å². The predicted molar refractivity (Wildman–Crippen MR) is 65.8 cm³/mol. The number of primary amides is 1. The number of piperidine rings is 1. The normalized spacial score (nSPS) is 28.0. The number of nitrogens with one attached hydrogen (secondary N) is 1. The number of hydrogen-bond donors (Lipinski definition) is 3. The smallest absolute Gasteiger partial charge is 0.250 e. The lowest BCUT2D eigenvalue weighted by molar-refractivity contribution is -0.135. The second kappa shape index (κ2) is 4.55. The molecule has 0 aliphatic carbocycles. The predicted octanol–water partition coefficient (Wildman–Crippen LogP) is -1.33. The number of carbonyl (C=O) groups excluding carboxylic acids is 1.